The Morgan fingerprint density at radius 3 is 1.86 bits per heavy atom. The van der Waals surface area contributed by atoms with Gasteiger partial charge in [0, 0.05) is 38.6 Å². The zero-order valence-electron chi connectivity index (χ0n) is 36.7. The Morgan fingerprint density at radius 1 is 0.556 bits per heavy atom. The maximum Gasteiger partial charge on any atom is 0.148 e. The Hall–Kier alpha value is -6.35. The molecule has 0 radical (unpaired) electrons. The van der Waals surface area contributed by atoms with Crippen molar-refractivity contribution in [3.05, 3.63) is 193 Å². The Labute approximate surface area is 386 Å². The van der Waals surface area contributed by atoms with Crippen LogP contribution in [0.2, 0.25) is 0 Å². The Bertz CT molecular complexity index is 3020. The number of benzene rings is 7. The number of para-hydroxylation sites is 1. The summed E-state index contributed by atoms with van der Waals surface area (Å²) >= 11 is 0. The minimum Gasteiger partial charge on any atom is -0.507 e. The fraction of sp³-hybridized carbons (Fsp3) is 0.172. The number of pyridine rings is 1. The molecule has 0 atom stereocenters. The molecule has 0 unspecified atom stereocenters. The molecule has 4 nitrogen and oxygen atoms in total. The standard InChI is InChI=1S/C58H52N3O.Pt/c1-37(2)29-46-33-49(25-26-50(46)42-21-14-9-15-22-42)61-55-24-16-23-51(56(55)60-58(61)53-35-44(38(3)4)34-52(39(5)6)57(53)62)47-30-45(41-19-12-8-13-20-41)31-48(32-47)54-36-43(27-28-59-54)40-17-10-7-11-18-40;/h7-28,30-31,33-39,62H,29H2,1-6H3;/q-1;. The van der Waals surface area contributed by atoms with Gasteiger partial charge in [-0.2, -0.15) is 0 Å². The number of aromatic hydroxyl groups is 1. The SMILES string of the molecule is CC(C)Cc1cc(-n2c(-c3cc(C(C)C)cc(C(C)C)c3O)nc3c(-c4[c-]c(-c5cc(-c6ccccc6)ccn5)cc(-c5ccccc5)c4)cccc32)ccc1-c1ccccc1.[Pt]. The molecular formula is C58H52N3OPt-. The largest absolute Gasteiger partial charge is 0.507 e. The number of rotatable bonds is 11. The second-order valence-electron chi connectivity index (χ2n) is 17.4. The molecule has 2 heterocycles. The molecule has 9 aromatic rings. The number of hydrogen-bond donors (Lipinski definition) is 1. The monoisotopic (exact) mass is 1000 g/mol. The summed E-state index contributed by atoms with van der Waals surface area (Å²) in [4.78, 5) is 10.5. The van der Waals surface area contributed by atoms with E-state index in [1.165, 1.54) is 22.3 Å². The molecular weight excluding hydrogens is 950 g/mol. The van der Waals surface area contributed by atoms with E-state index < -0.39 is 0 Å². The Balaban J connectivity index is 0.00000544. The topological polar surface area (TPSA) is 50.9 Å². The third kappa shape index (κ3) is 8.83. The molecule has 0 bridgehead atoms. The van der Waals surface area contributed by atoms with E-state index in [1.807, 2.05) is 18.3 Å². The van der Waals surface area contributed by atoms with Crippen LogP contribution in [0.1, 0.15) is 70.1 Å². The maximum absolute atomic E-state index is 12.2. The molecule has 0 aliphatic carbocycles. The van der Waals surface area contributed by atoms with Crippen molar-refractivity contribution >= 4 is 11.0 Å². The quantitative estimate of drug-likeness (QED) is 0.131. The number of nitrogens with zero attached hydrogens (tertiary/aromatic N) is 3. The fourth-order valence-electron chi connectivity index (χ4n) is 8.65. The minimum absolute atomic E-state index is 0. The van der Waals surface area contributed by atoms with Crippen LogP contribution >= 0.6 is 0 Å². The first-order valence-corrected chi connectivity index (χ1v) is 21.8. The normalized spacial score (nSPS) is 11.4. The van der Waals surface area contributed by atoms with Crippen molar-refractivity contribution in [2.75, 3.05) is 0 Å². The van der Waals surface area contributed by atoms with Crippen LogP contribution in [0.3, 0.4) is 0 Å². The van der Waals surface area contributed by atoms with Crippen molar-refractivity contribution in [1.29, 1.82) is 0 Å². The van der Waals surface area contributed by atoms with Gasteiger partial charge in [-0.1, -0.05) is 180 Å². The van der Waals surface area contributed by atoms with Gasteiger partial charge >= 0.3 is 0 Å². The van der Waals surface area contributed by atoms with Gasteiger partial charge in [-0.15, -0.1) is 23.8 Å². The summed E-state index contributed by atoms with van der Waals surface area (Å²) in [6, 6.07) is 61.5. The molecule has 63 heavy (non-hydrogen) atoms. The van der Waals surface area contributed by atoms with Crippen LogP contribution in [-0.2, 0) is 27.5 Å². The van der Waals surface area contributed by atoms with Crippen molar-refractivity contribution in [2.45, 2.75) is 59.8 Å². The van der Waals surface area contributed by atoms with Gasteiger partial charge in [0.25, 0.3) is 0 Å². The minimum atomic E-state index is 0. The van der Waals surface area contributed by atoms with Crippen LogP contribution < -0.4 is 0 Å². The molecule has 0 aliphatic heterocycles. The second-order valence-corrected chi connectivity index (χ2v) is 17.4. The number of hydrogen-bond acceptors (Lipinski definition) is 3. The molecule has 5 heteroatoms. The van der Waals surface area contributed by atoms with Crippen LogP contribution in [0, 0.1) is 12.0 Å². The van der Waals surface area contributed by atoms with Gasteiger partial charge in [0.15, 0.2) is 0 Å². The molecule has 9 rings (SSSR count). The molecule has 2 aromatic heterocycles. The molecule has 0 spiro atoms. The fourth-order valence-corrected chi connectivity index (χ4v) is 8.65. The van der Waals surface area contributed by atoms with E-state index in [2.05, 4.69) is 204 Å². The van der Waals surface area contributed by atoms with Crippen LogP contribution in [0.25, 0.3) is 83.9 Å². The first-order valence-electron chi connectivity index (χ1n) is 21.8. The zero-order valence-corrected chi connectivity index (χ0v) is 39.0. The molecule has 0 aliphatic rings. The van der Waals surface area contributed by atoms with E-state index in [9.17, 15) is 5.11 Å². The van der Waals surface area contributed by atoms with Gasteiger partial charge in [-0.05, 0) is 99.0 Å². The summed E-state index contributed by atoms with van der Waals surface area (Å²) in [5.41, 5.74) is 17.3. The molecule has 0 saturated carbocycles. The van der Waals surface area contributed by atoms with Gasteiger partial charge in [0.05, 0.1) is 16.6 Å². The average Bonchev–Trinajstić information content (AvgIpc) is 3.69. The molecule has 0 saturated heterocycles. The molecule has 0 fully saturated rings. The molecule has 0 amide bonds. The van der Waals surface area contributed by atoms with Gasteiger partial charge < -0.3 is 5.11 Å². The van der Waals surface area contributed by atoms with Gasteiger partial charge in [0.1, 0.15) is 11.6 Å². The van der Waals surface area contributed by atoms with Crippen LogP contribution in [0.15, 0.2) is 170 Å². The summed E-state index contributed by atoms with van der Waals surface area (Å²) in [5.74, 6) is 1.80. The number of aromatic nitrogens is 3. The molecule has 1 N–H and O–H groups in total. The van der Waals surface area contributed by atoms with E-state index >= 15 is 0 Å². The number of fused-ring (bicyclic) bond motifs is 1. The molecule has 7 aromatic carbocycles. The Morgan fingerprint density at radius 2 is 1.21 bits per heavy atom. The van der Waals surface area contributed by atoms with Crippen molar-refractivity contribution in [3.8, 4) is 78.6 Å². The number of phenols is 1. The first kappa shape index (κ1) is 43.3. The van der Waals surface area contributed by atoms with Crippen LogP contribution in [-0.4, -0.2) is 19.6 Å². The summed E-state index contributed by atoms with van der Waals surface area (Å²) in [6.45, 7) is 13.2. The third-order valence-electron chi connectivity index (χ3n) is 11.8. The van der Waals surface area contributed by atoms with E-state index in [4.69, 9.17) is 9.97 Å². The van der Waals surface area contributed by atoms with Crippen LogP contribution in [0.5, 0.6) is 5.75 Å². The van der Waals surface area contributed by atoms with Crippen molar-refractivity contribution in [1.82, 2.24) is 14.5 Å². The van der Waals surface area contributed by atoms with Crippen molar-refractivity contribution < 1.29 is 26.2 Å². The second kappa shape index (κ2) is 18.6. The van der Waals surface area contributed by atoms with E-state index in [0.29, 0.717) is 11.7 Å². The van der Waals surface area contributed by atoms with Crippen molar-refractivity contribution in [2.24, 2.45) is 5.92 Å². The third-order valence-corrected chi connectivity index (χ3v) is 11.8. The van der Waals surface area contributed by atoms with Crippen molar-refractivity contribution in [3.63, 3.8) is 0 Å². The van der Waals surface area contributed by atoms with Gasteiger partial charge in [-0.3, -0.25) is 9.55 Å². The number of phenolic OH excluding ortho intramolecular Hbond substituents is 1. The van der Waals surface area contributed by atoms with E-state index in [0.717, 1.165) is 78.9 Å². The number of imidazole rings is 1. The molecule has 316 valence electrons. The average molecular weight is 1000 g/mol. The van der Waals surface area contributed by atoms with Gasteiger partial charge in [0.2, 0.25) is 0 Å². The summed E-state index contributed by atoms with van der Waals surface area (Å²) in [6.07, 6.45) is 2.80. The van der Waals surface area contributed by atoms with Gasteiger partial charge in [-0.25, -0.2) is 4.98 Å². The van der Waals surface area contributed by atoms with Crippen LogP contribution in [0.4, 0.5) is 0 Å². The summed E-state index contributed by atoms with van der Waals surface area (Å²) in [7, 11) is 0. The first-order chi connectivity index (χ1) is 30.1. The predicted molar refractivity (Wildman–Crippen MR) is 259 cm³/mol. The Kier molecular flexibility index (Phi) is 12.8. The maximum atomic E-state index is 12.2. The zero-order chi connectivity index (χ0) is 42.9. The van der Waals surface area contributed by atoms with E-state index in [1.54, 1.807) is 0 Å². The van der Waals surface area contributed by atoms with E-state index in [-0.39, 0.29) is 38.7 Å². The summed E-state index contributed by atoms with van der Waals surface area (Å²) < 4.78 is 2.26. The summed E-state index contributed by atoms with van der Waals surface area (Å²) in [5, 5.41) is 12.2. The predicted octanol–water partition coefficient (Wildman–Crippen LogP) is 15.4. The smallest absolute Gasteiger partial charge is 0.148 e.